The van der Waals surface area contributed by atoms with Gasteiger partial charge in [0.05, 0.1) is 6.54 Å². The van der Waals surface area contributed by atoms with Crippen LogP contribution in [0, 0.1) is 0 Å². The lowest BCUT2D eigenvalue weighted by molar-refractivity contribution is 0.450. The van der Waals surface area contributed by atoms with E-state index in [9.17, 15) is 0 Å². The van der Waals surface area contributed by atoms with Gasteiger partial charge >= 0.3 is 0 Å². The molecule has 0 atom stereocenters. The fourth-order valence-electron chi connectivity index (χ4n) is 1.63. The fraction of sp³-hybridized carbons (Fsp3) is 0.286. The number of nitrogens with one attached hydrogen (secondary N) is 1. The van der Waals surface area contributed by atoms with Gasteiger partial charge in [-0.15, -0.1) is 0 Å². The first-order valence-corrected chi connectivity index (χ1v) is 5.70. The van der Waals surface area contributed by atoms with Crippen molar-refractivity contribution < 1.29 is 4.42 Å². The average Bonchev–Trinajstić information content (AvgIpc) is 2.78. The molecule has 0 radical (unpaired) electrons. The molecular formula is C14H17NO. The van der Waals surface area contributed by atoms with E-state index in [0.717, 1.165) is 31.0 Å². The maximum absolute atomic E-state index is 5.61. The van der Waals surface area contributed by atoms with E-state index in [0.29, 0.717) is 0 Å². The van der Waals surface area contributed by atoms with Gasteiger partial charge in [0, 0.05) is 13.0 Å². The Balaban J connectivity index is 1.80. The van der Waals surface area contributed by atoms with Gasteiger partial charge in [0.25, 0.3) is 0 Å². The van der Waals surface area contributed by atoms with Crippen molar-refractivity contribution >= 4 is 0 Å². The second kappa shape index (κ2) is 5.52. The van der Waals surface area contributed by atoms with Gasteiger partial charge in [0.1, 0.15) is 11.5 Å². The molecule has 0 amide bonds. The van der Waals surface area contributed by atoms with Crippen molar-refractivity contribution in [3.05, 3.63) is 59.5 Å². The first kappa shape index (κ1) is 11.0. The van der Waals surface area contributed by atoms with Gasteiger partial charge < -0.3 is 9.73 Å². The topological polar surface area (TPSA) is 25.2 Å². The van der Waals surface area contributed by atoms with Crippen LogP contribution in [0.3, 0.4) is 0 Å². The zero-order valence-electron chi connectivity index (χ0n) is 9.57. The van der Waals surface area contributed by atoms with Crippen molar-refractivity contribution in [1.29, 1.82) is 0 Å². The fourth-order valence-corrected chi connectivity index (χ4v) is 1.63. The van der Waals surface area contributed by atoms with Crippen molar-refractivity contribution in [2.45, 2.75) is 26.4 Å². The highest BCUT2D eigenvalue weighted by Crippen LogP contribution is 2.08. The minimum Gasteiger partial charge on any atom is -0.465 e. The summed E-state index contributed by atoms with van der Waals surface area (Å²) in [6.45, 7) is 3.76. The first-order chi connectivity index (χ1) is 7.88. The molecule has 1 aromatic heterocycles. The summed E-state index contributed by atoms with van der Waals surface area (Å²) >= 11 is 0. The molecule has 0 aliphatic carbocycles. The molecule has 1 aromatic carbocycles. The molecule has 2 heteroatoms. The summed E-state index contributed by atoms with van der Waals surface area (Å²) in [5.41, 5.74) is 1.30. The van der Waals surface area contributed by atoms with E-state index in [2.05, 4.69) is 36.5 Å². The Bertz CT molecular complexity index is 419. The van der Waals surface area contributed by atoms with Crippen LogP contribution in [0.25, 0.3) is 0 Å². The lowest BCUT2D eigenvalue weighted by atomic mass is 10.2. The third-order valence-electron chi connectivity index (χ3n) is 2.54. The Labute approximate surface area is 96.3 Å². The number of hydrogen-bond acceptors (Lipinski definition) is 2. The quantitative estimate of drug-likeness (QED) is 0.829. The lowest BCUT2D eigenvalue weighted by Gasteiger charge is -2.02. The van der Waals surface area contributed by atoms with Gasteiger partial charge in [0.15, 0.2) is 0 Å². The van der Waals surface area contributed by atoms with Gasteiger partial charge in [-0.2, -0.15) is 0 Å². The van der Waals surface area contributed by atoms with Crippen LogP contribution in [0.2, 0.25) is 0 Å². The van der Waals surface area contributed by atoms with Crippen LogP contribution in [0.4, 0.5) is 0 Å². The molecule has 0 aliphatic rings. The van der Waals surface area contributed by atoms with Crippen LogP contribution < -0.4 is 5.32 Å². The highest BCUT2D eigenvalue weighted by Gasteiger charge is 1.99. The van der Waals surface area contributed by atoms with E-state index in [-0.39, 0.29) is 0 Å². The standard InChI is InChI=1S/C14H17NO/c1-2-13-8-9-14(16-13)11-15-10-12-6-4-3-5-7-12/h3-9,15H,2,10-11H2,1H3. The molecule has 16 heavy (non-hydrogen) atoms. The lowest BCUT2D eigenvalue weighted by Crippen LogP contribution is -2.11. The molecule has 1 heterocycles. The van der Waals surface area contributed by atoms with E-state index < -0.39 is 0 Å². The number of furan rings is 1. The highest BCUT2D eigenvalue weighted by molar-refractivity contribution is 5.14. The van der Waals surface area contributed by atoms with Crippen LogP contribution in [-0.4, -0.2) is 0 Å². The smallest absolute Gasteiger partial charge is 0.117 e. The predicted molar refractivity (Wildman–Crippen MR) is 65.1 cm³/mol. The monoisotopic (exact) mass is 215 g/mol. The molecule has 0 fully saturated rings. The van der Waals surface area contributed by atoms with Crippen LogP contribution in [0.15, 0.2) is 46.9 Å². The Morgan fingerprint density at radius 1 is 0.938 bits per heavy atom. The van der Waals surface area contributed by atoms with Crippen molar-refractivity contribution in [1.82, 2.24) is 5.32 Å². The molecular weight excluding hydrogens is 198 g/mol. The number of aryl methyl sites for hydroxylation is 1. The maximum atomic E-state index is 5.61. The molecule has 2 rings (SSSR count). The van der Waals surface area contributed by atoms with Crippen molar-refractivity contribution in [2.24, 2.45) is 0 Å². The second-order valence-corrected chi connectivity index (χ2v) is 3.81. The molecule has 2 nitrogen and oxygen atoms in total. The molecule has 0 saturated carbocycles. The third kappa shape index (κ3) is 2.97. The molecule has 0 bridgehead atoms. The van der Waals surface area contributed by atoms with Gasteiger partial charge in [-0.3, -0.25) is 0 Å². The normalized spacial score (nSPS) is 10.6. The van der Waals surface area contributed by atoms with Crippen molar-refractivity contribution in [3.63, 3.8) is 0 Å². The van der Waals surface area contributed by atoms with Crippen LogP contribution in [0.1, 0.15) is 24.0 Å². The van der Waals surface area contributed by atoms with E-state index in [4.69, 9.17) is 4.42 Å². The van der Waals surface area contributed by atoms with E-state index in [1.165, 1.54) is 5.56 Å². The highest BCUT2D eigenvalue weighted by atomic mass is 16.3. The van der Waals surface area contributed by atoms with Crippen LogP contribution in [-0.2, 0) is 19.5 Å². The summed E-state index contributed by atoms with van der Waals surface area (Å²) in [6, 6.07) is 14.5. The number of rotatable bonds is 5. The molecule has 0 aliphatic heterocycles. The predicted octanol–water partition coefficient (Wildman–Crippen LogP) is 3.13. The zero-order valence-corrected chi connectivity index (χ0v) is 9.57. The van der Waals surface area contributed by atoms with Crippen LogP contribution in [0.5, 0.6) is 0 Å². The third-order valence-corrected chi connectivity index (χ3v) is 2.54. The van der Waals surface area contributed by atoms with Gasteiger partial charge in [-0.1, -0.05) is 37.3 Å². The van der Waals surface area contributed by atoms with Gasteiger partial charge in [-0.25, -0.2) is 0 Å². The molecule has 2 aromatic rings. The van der Waals surface area contributed by atoms with E-state index in [1.807, 2.05) is 18.2 Å². The SMILES string of the molecule is CCc1ccc(CNCc2ccccc2)o1. The average molecular weight is 215 g/mol. The van der Waals surface area contributed by atoms with E-state index in [1.54, 1.807) is 0 Å². The largest absolute Gasteiger partial charge is 0.465 e. The number of hydrogen-bond donors (Lipinski definition) is 1. The Kier molecular flexibility index (Phi) is 3.78. The van der Waals surface area contributed by atoms with Crippen LogP contribution >= 0.6 is 0 Å². The van der Waals surface area contributed by atoms with Crippen molar-refractivity contribution in [3.8, 4) is 0 Å². The minimum atomic E-state index is 0.787. The zero-order chi connectivity index (χ0) is 11.2. The van der Waals surface area contributed by atoms with Crippen molar-refractivity contribution in [2.75, 3.05) is 0 Å². The molecule has 0 spiro atoms. The molecule has 1 N–H and O–H groups in total. The van der Waals surface area contributed by atoms with Gasteiger partial charge in [0.2, 0.25) is 0 Å². The summed E-state index contributed by atoms with van der Waals surface area (Å²) in [5, 5.41) is 3.36. The van der Waals surface area contributed by atoms with Gasteiger partial charge in [-0.05, 0) is 17.7 Å². The summed E-state index contributed by atoms with van der Waals surface area (Å²) < 4.78 is 5.61. The summed E-state index contributed by atoms with van der Waals surface area (Å²) in [7, 11) is 0. The molecule has 0 unspecified atom stereocenters. The first-order valence-electron chi connectivity index (χ1n) is 5.70. The molecule has 84 valence electrons. The summed E-state index contributed by atoms with van der Waals surface area (Å²) in [6.07, 6.45) is 0.957. The minimum absolute atomic E-state index is 0.787. The molecule has 0 saturated heterocycles. The Hall–Kier alpha value is -1.54. The van der Waals surface area contributed by atoms with E-state index >= 15 is 0 Å². The summed E-state index contributed by atoms with van der Waals surface area (Å²) in [5.74, 6) is 2.06. The summed E-state index contributed by atoms with van der Waals surface area (Å²) in [4.78, 5) is 0. The number of benzene rings is 1. The Morgan fingerprint density at radius 2 is 1.69 bits per heavy atom. The maximum Gasteiger partial charge on any atom is 0.117 e. The Morgan fingerprint density at radius 3 is 2.38 bits per heavy atom. The second-order valence-electron chi connectivity index (χ2n) is 3.81.